The lowest BCUT2D eigenvalue weighted by Gasteiger charge is -2.26. The van der Waals surface area contributed by atoms with Crippen molar-refractivity contribution >= 4 is 5.91 Å². The first-order chi connectivity index (χ1) is 8.93. The van der Waals surface area contributed by atoms with E-state index in [4.69, 9.17) is 0 Å². The Kier molecular flexibility index (Phi) is 3.92. The zero-order chi connectivity index (χ0) is 14.0. The van der Waals surface area contributed by atoms with Crippen molar-refractivity contribution in [1.82, 2.24) is 20.1 Å². The van der Waals surface area contributed by atoms with Crippen LogP contribution in [0.15, 0.2) is 0 Å². The maximum absolute atomic E-state index is 12.5. The van der Waals surface area contributed by atoms with Crippen LogP contribution in [0.3, 0.4) is 0 Å². The van der Waals surface area contributed by atoms with Crippen molar-refractivity contribution in [3.63, 3.8) is 0 Å². The van der Waals surface area contributed by atoms with E-state index in [1.54, 1.807) is 0 Å². The van der Waals surface area contributed by atoms with Crippen LogP contribution in [-0.2, 0) is 5.41 Å². The van der Waals surface area contributed by atoms with E-state index in [1.807, 2.05) is 11.8 Å². The molecule has 1 aliphatic carbocycles. The Labute approximate surface area is 114 Å². The quantitative estimate of drug-likeness (QED) is 0.912. The second-order valence-electron chi connectivity index (χ2n) is 6.29. The molecule has 1 heterocycles. The summed E-state index contributed by atoms with van der Waals surface area (Å²) in [4.78, 5) is 18.8. The monoisotopic (exact) mass is 264 g/mol. The SMILES string of the molecule is CCN(C(=O)c1n[nH]c(C(C)(C)C)n1)C1CCCC1. The van der Waals surface area contributed by atoms with Crippen LogP contribution in [0.1, 0.15) is 69.8 Å². The van der Waals surface area contributed by atoms with E-state index >= 15 is 0 Å². The standard InChI is InChI=1S/C14H24N4O/c1-5-18(10-8-6-7-9-10)12(19)11-15-13(17-16-11)14(2,3)4/h10H,5-9H2,1-4H3,(H,15,16,17). The van der Waals surface area contributed by atoms with E-state index in [2.05, 4.69) is 36.0 Å². The summed E-state index contributed by atoms with van der Waals surface area (Å²) in [6, 6.07) is 0.370. The summed E-state index contributed by atoms with van der Waals surface area (Å²) in [7, 11) is 0. The molecule has 0 aliphatic heterocycles. The Balaban J connectivity index is 2.15. The molecule has 0 atom stereocenters. The van der Waals surface area contributed by atoms with Crippen molar-refractivity contribution in [3.8, 4) is 0 Å². The third-order valence-corrected chi connectivity index (χ3v) is 3.75. The van der Waals surface area contributed by atoms with Gasteiger partial charge in [-0.05, 0) is 19.8 Å². The van der Waals surface area contributed by atoms with Crippen LogP contribution in [0.25, 0.3) is 0 Å². The number of carbonyl (C=O) groups is 1. The Hall–Kier alpha value is -1.39. The highest BCUT2D eigenvalue weighted by Gasteiger charge is 2.29. The number of hydrogen-bond acceptors (Lipinski definition) is 3. The van der Waals surface area contributed by atoms with E-state index < -0.39 is 0 Å². The lowest BCUT2D eigenvalue weighted by Crippen LogP contribution is -2.39. The predicted octanol–water partition coefficient (Wildman–Crippen LogP) is 2.51. The molecule has 1 aromatic heterocycles. The normalized spacial score (nSPS) is 16.8. The average Bonchev–Trinajstić information content (AvgIpc) is 3.00. The first-order valence-corrected chi connectivity index (χ1v) is 7.17. The number of nitrogens with zero attached hydrogens (tertiary/aromatic N) is 3. The molecule has 0 aromatic carbocycles. The molecule has 0 saturated heterocycles. The minimum atomic E-state index is -0.115. The predicted molar refractivity (Wildman–Crippen MR) is 74.0 cm³/mol. The Morgan fingerprint density at radius 3 is 2.47 bits per heavy atom. The van der Waals surface area contributed by atoms with Gasteiger partial charge in [-0.25, -0.2) is 4.98 Å². The van der Waals surface area contributed by atoms with Gasteiger partial charge in [-0.1, -0.05) is 33.6 Å². The fourth-order valence-electron chi connectivity index (χ4n) is 2.60. The smallest absolute Gasteiger partial charge is 0.293 e. The van der Waals surface area contributed by atoms with E-state index in [1.165, 1.54) is 12.8 Å². The zero-order valence-electron chi connectivity index (χ0n) is 12.4. The van der Waals surface area contributed by atoms with Gasteiger partial charge in [0.1, 0.15) is 5.82 Å². The second kappa shape index (κ2) is 5.31. The van der Waals surface area contributed by atoms with Gasteiger partial charge in [0.15, 0.2) is 0 Å². The molecule has 5 nitrogen and oxygen atoms in total. The number of rotatable bonds is 3. The van der Waals surface area contributed by atoms with Gasteiger partial charge in [0, 0.05) is 18.0 Å². The molecule has 0 spiro atoms. The van der Waals surface area contributed by atoms with E-state index in [-0.39, 0.29) is 11.3 Å². The molecule has 1 amide bonds. The average molecular weight is 264 g/mol. The second-order valence-corrected chi connectivity index (χ2v) is 6.29. The summed E-state index contributed by atoms with van der Waals surface area (Å²) < 4.78 is 0. The number of aromatic nitrogens is 3. The van der Waals surface area contributed by atoms with Crippen molar-refractivity contribution in [2.24, 2.45) is 0 Å². The largest absolute Gasteiger partial charge is 0.333 e. The molecule has 1 fully saturated rings. The fraction of sp³-hybridized carbons (Fsp3) is 0.786. The third-order valence-electron chi connectivity index (χ3n) is 3.75. The number of nitrogens with one attached hydrogen (secondary N) is 1. The highest BCUT2D eigenvalue weighted by atomic mass is 16.2. The van der Waals surface area contributed by atoms with Crippen molar-refractivity contribution < 1.29 is 4.79 Å². The van der Waals surface area contributed by atoms with Gasteiger partial charge in [0.25, 0.3) is 5.91 Å². The van der Waals surface area contributed by atoms with Crippen molar-refractivity contribution in [3.05, 3.63) is 11.6 Å². The minimum Gasteiger partial charge on any atom is -0.333 e. The van der Waals surface area contributed by atoms with Crippen LogP contribution in [0.5, 0.6) is 0 Å². The lowest BCUT2D eigenvalue weighted by atomic mass is 9.96. The molecule has 0 unspecified atom stereocenters. The van der Waals surface area contributed by atoms with E-state index in [9.17, 15) is 4.79 Å². The first kappa shape index (κ1) is 14.0. The van der Waals surface area contributed by atoms with Crippen LogP contribution < -0.4 is 0 Å². The van der Waals surface area contributed by atoms with E-state index in [0.717, 1.165) is 25.2 Å². The Morgan fingerprint density at radius 2 is 2.00 bits per heavy atom. The minimum absolute atomic E-state index is 0.0406. The van der Waals surface area contributed by atoms with Gasteiger partial charge < -0.3 is 4.90 Å². The van der Waals surface area contributed by atoms with Crippen molar-refractivity contribution in [1.29, 1.82) is 0 Å². The molecule has 1 aliphatic rings. The molecular weight excluding hydrogens is 240 g/mol. The van der Waals surface area contributed by atoms with Gasteiger partial charge in [0.05, 0.1) is 0 Å². The Bertz CT molecular complexity index is 441. The fourth-order valence-corrected chi connectivity index (χ4v) is 2.60. The van der Waals surface area contributed by atoms with Crippen LogP contribution in [0.2, 0.25) is 0 Å². The maximum atomic E-state index is 12.5. The first-order valence-electron chi connectivity index (χ1n) is 7.17. The summed E-state index contributed by atoms with van der Waals surface area (Å²) in [6.07, 6.45) is 4.65. The summed E-state index contributed by atoms with van der Waals surface area (Å²) in [5.74, 6) is 1.03. The summed E-state index contributed by atoms with van der Waals surface area (Å²) in [6.45, 7) is 8.90. The number of H-pyrrole nitrogens is 1. The van der Waals surface area contributed by atoms with Crippen LogP contribution in [0, 0.1) is 0 Å². The van der Waals surface area contributed by atoms with Gasteiger partial charge in [0.2, 0.25) is 5.82 Å². The van der Waals surface area contributed by atoms with Crippen LogP contribution >= 0.6 is 0 Å². The van der Waals surface area contributed by atoms with Gasteiger partial charge in [-0.3, -0.25) is 9.89 Å². The molecule has 106 valence electrons. The zero-order valence-corrected chi connectivity index (χ0v) is 12.4. The molecule has 19 heavy (non-hydrogen) atoms. The maximum Gasteiger partial charge on any atom is 0.293 e. The van der Waals surface area contributed by atoms with Gasteiger partial charge in [-0.15, -0.1) is 5.10 Å². The number of hydrogen-bond donors (Lipinski definition) is 1. The highest BCUT2D eigenvalue weighted by molar-refractivity contribution is 5.90. The third kappa shape index (κ3) is 2.96. The van der Waals surface area contributed by atoms with Crippen molar-refractivity contribution in [2.75, 3.05) is 6.54 Å². The summed E-state index contributed by atoms with van der Waals surface area (Å²) in [5.41, 5.74) is -0.115. The Morgan fingerprint density at radius 1 is 1.37 bits per heavy atom. The van der Waals surface area contributed by atoms with Crippen LogP contribution in [-0.4, -0.2) is 38.6 Å². The van der Waals surface area contributed by atoms with Crippen LogP contribution in [0.4, 0.5) is 0 Å². The van der Waals surface area contributed by atoms with E-state index in [0.29, 0.717) is 11.9 Å². The molecule has 0 bridgehead atoms. The molecule has 5 heteroatoms. The molecule has 0 radical (unpaired) electrons. The molecule has 2 rings (SSSR count). The van der Waals surface area contributed by atoms with Crippen molar-refractivity contribution in [2.45, 2.75) is 64.8 Å². The summed E-state index contributed by atoms with van der Waals surface area (Å²) >= 11 is 0. The molecular formula is C14H24N4O. The highest BCUT2D eigenvalue weighted by Crippen LogP contribution is 2.24. The molecule has 1 N–H and O–H groups in total. The summed E-state index contributed by atoms with van der Waals surface area (Å²) in [5, 5.41) is 6.98. The van der Waals surface area contributed by atoms with Gasteiger partial charge in [-0.2, -0.15) is 0 Å². The molecule has 1 aromatic rings. The number of aromatic amines is 1. The number of amides is 1. The molecule has 1 saturated carbocycles. The lowest BCUT2D eigenvalue weighted by molar-refractivity contribution is 0.0681. The van der Waals surface area contributed by atoms with Gasteiger partial charge >= 0.3 is 0 Å². The topological polar surface area (TPSA) is 61.9 Å². The number of carbonyl (C=O) groups excluding carboxylic acids is 1.